The van der Waals surface area contributed by atoms with Crippen LogP contribution in [0.2, 0.25) is 10.0 Å². The lowest BCUT2D eigenvalue weighted by atomic mass is 9.90. The summed E-state index contributed by atoms with van der Waals surface area (Å²) in [5.41, 5.74) is 3.95. The lowest BCUT2D eigenvalue weighted by Gasteiger charge is -2.37. The number of rotatable bonds is 11. The maximum Gasteiger partial charge on any atom is 0.253 e. The van der Waals surface area contributed by atoms with Crippen LogP contribution < -0.4 is 15.4 Å². The Labute approximate surface area is 314 Å². The predicted molar refractivity (Wildman–Crippen MR) is 204 cm³/mol. The van der Waals surface area contributed by atoms with Gasteiger partial charge in [-0.1, -0.05) is 41.4 Å². The van der Waals surface area contributed by atoms with Gasteiger partial charge in [0.2, 0.25) is 21.8 Å². The number of aromatic amines is 1. The maximum atomic E-state index is 14.6. The third-order valence-electron chi connectivity index (χ3n) is 10.1. The minimum Gasteiger partial charge on any atom is -0.361 e. The fourth-order valence-corrected chi connectivity index (χ4v) is 8.80. The van der Waals surface area contributed by atoms with Crippen LogP contribution in [0.4, 0.5) is 5.69 Å². The van der Waals surface area contributed by atoms with Crippen molar-refractivity contribution < 1.29 is 22.8 Å². The number of likely N-dealkylation sites (tertiary alicyclic amines) is 1. The van der Waals surface area contributed by atoms with E-state index in [1.807, 2.05) is 61.6 Å². The number of hydrogen-bond donors (Lipinski definition) is 3. The number of nitrogens with zero attached hydrogens (tertiary/aromatic N) is 3. The van der Waals surface area contributed by atoms with Crippen molar-refractivity contribution in [1.82, 2.24) is 20.1 Å². The summed E-state index contributed by atoms with van der Waals surface area (Å²) < 4.78 is 23.8. The average Bonchev–Trinajstić information content (AvgIpc) is 3.51. The molecule has 11 nitrogen and oxygen atoms in total. The molecule has 0 bridgehead atoms. The van der Waals surface area contributed by atoms with Crippen LogP contribution in [0.15, 0.2) is 71.8 Å². The van der Waals surface area contributed by atoms with Gasteiger partial charge in [0.1, 0.15) is 10.9 Å². The smallest absolute Gasteiger partial charge is 0.253 e. The number of nitrogens with one attached hydrogen (secondary N) is 2. The molecule has 3 aromatic carbocycles. The molecule has 3 amide bonds. The van der Waals surface area contributed by atoms with Crippen molar-refractivity contribution in [3.63, 3.8) is 0 Å². The summed E-state index contributed by atoms with van der Waals surface area (Å²) in [6.45, 7) is 2.26. The second-order valence-corrected chi connectivity index (χ2v) is 16.6. The Morgan fingerprint density at radius 1 is 1.02 bits per heavy atom. The standard InChI is InChI=1S/C38H44Cl2N6O5S/c1-44(2)22-25-17-27-18-29(39)9-11-34(27)46(23-25)38(49)33(19-28-21-42-32-6-4-3-5-30(28)32)43-36(47)12-7-24-13-15-45(16-14-24)37(48)26-8-10-31(40)35(20-26)52(41,50)51/h3-6,8-11,18,20-21,24-25,33,42H,7,12-17,19,22-23H2,1-2H3,(H,43,47)(H2,41,50,51)/t25-,33+/m0/s1. The number of nitrogens with two attached hydrogens (primary N) is 1. The van der Waals surface area contributed by atoms with Crippen LogP contribution in [0.1, 0.15) is 47.2 Å². The van der Waals surface area contributed by atoms with Gasteiger partial charge in [-0.25, -0.2) is 13.6 Å². The fraction of sp³-hybridized carbons (Fsp3) is 0.395. The number of para-hydroxylation sites is 1. The van der Waals surface area contributed by atoms with Crippen LogP contribution in [0, 0.1) is 11.8 Å². The number of carbonyl (C=O) groups excluding carboxylic acids is 3. The van der Waals surface area contributed by atoms with Crippen LogP contribution in [-0.2, 0) is 32.5 Å². The Hall–Kier alpha value is -3.94. The van der Waals surface area contributed by atoms with E-state index in [9.17, 15) is 22.8 Å². The minimum absolute atomic E-state index is 0.0411. The molecule has 0 spiro atoms. The van der Waals surface area contributed by atoms with Crippen LogP contribution in [0.3, 0.4) is 0 Å². The van der Waals surface area contributed by atoms with E-state index in [2.05, 4.69) is 15.2 Å². The summed E-state index contributed by atoms with van der Waals surface area (Å²) in [6, 6.07) is 16.8. The van der Waals surface area contributed by atoms with Gasteiger partial charge in [-0.3, -0.25) is 14.4 Å². The number of hydrogen-bond acceptors (Lipinski definition) is 6. The van der Waals surface area contributed by atoms with Crippen LogP contribution in [0.5, 0.6) is 0 Å². The summed E-state index contributed by atoms with van der Waals surface area (Å²) >= 11 is 12.4. The van der Waals surface area contributed by atoms with Crippen molar-refractivity contribution in [2.45, 2.75) is 49.5 Å². The highest BCUT2D eigenvalue weighted by molar-refractivity contribution is 7.89. The molecular formula is C38H44Cl2N6O5S. The van der Waals surface area contributed by atoms with E-state index in [4.69, 9.17) is 28.3 Å². The Balaban J connectivity index is 1.13. The first kappa shape index (κ1) is 37.8. The second kappa shape index (κ2) is 16.0. The van der Waals surface area contributed by atoms with Gasteiger partial charge < -0.3 is 25.0 Å². The Bertz CT molecular complexity index is 2080. The molecule has 2 aliphatic rings. The van der Waals surface area contributed by atoms with E-state index in [1.54, 1.807) is 11.0 Å². The van der Waals surface area contributed by atoms with Crippen molar-refractivity contribution in [3.8, 4) is 0 Å². The molecule has 1 fully saturated rings. The number of aromatic nitrogens is 1. The monoisotopic (exact) mass is 766 g/mol. The van der Waals surface area contributed by atoms with Gasteiger partial charge in [0.05, 0.1) is 5.02 Å². The van der Waals surface area contributed by atoms with Gasteiger partial charge in [-0.2, -0.15) is 0 Å². The average molecular weight is 768 g/mol. The quantitative estimate of drug-likeness (QED) is 0.190. The lowest BCUT2D eigenvalue weighted by Crippen LogP contribution is -2.53. The Kier molecular flexibility index (Phi) is 11.6. The molecule has 3 heterocycles. The SMILES string of the molecule is CN(C)C[C@@H]1Cc2cc(Cl)ccc2N(C(=O)[C@@H](Cc2c[nH]c3ccccc23)NC(=O)CCC2CCN(C(=O)c3ccc(Cl)c(S(N)(=O)=O)c3)CC2)C1. The maximum absolute atomic E-state index is 14.6. The number of amides is 3. The molecule has 2 atom stereocenters. The first-order valence-electron chi connectivity index (χ1n) is 17.5. The number of carbonyl (C=O) groups is 3. The first-order chi connectivity index (χ1) is 24.8. The van der Waals surface area contributed by atoms with Gasteiger partial charge >= 0.3 is 0 Å². The van der Waals surface area contributed by atoms with Crippen molar-refractivity contribution in [3.05, 3.63) is 93.6 Å². The van der Waals surface area contributed by atoms with E-state index in [-0.39, 0.29) is 51.5 Å². The largest absolute Gasteiger partial charge is 0.361 e. The highest BCUT2D eigenvalue weighted by Gasteiger charge is 2.34. The molecule has 2 aliphatic heterocycles. The highest BCUT2D eigenvalue weighted by atomic mass is 35.5. The number of anilines is 1. The third-order valence-corrected chi connectivity index (χ3v) is 11.7. The molecule has 0 aliphatic carbocycles. The van der Waals surface area contributed by atoms with Gasteiger partial charge in [-0.15, -0.1) is 0 Å². The number of fused-ring (bicyclic) bond motifs is 2. The Morgan fingerprint density at radius 2 is 1.77 bits per heavy atom. The number of halogens is 2. The van der Waals surface area contributed by atoms with E-state index < -0.39 is 16.1 Å². The summed E-state index contributed by atoms with van der Waals surface area (Å²) in [7, 11) is -0.0418. The normalized spacial score (nSPS) is 17.3. The number of sulfonamides is 1. The van der Waals surface area contributed by atoms with E-state index in [0.29, 0.717) is 50.3 Å². The molecule has 0 saturated carbocycles. The van der Waals surface area contributed by atoms with Crippen molar-refractivity contribution >= 4 is 67.5 Å². The molecule has 0 radical (unpaired) electrons. The third kappa shape index (κ3) is 8.80. The van der Waals surface area contributed by atoms with E-state index in [0.717, 1.165) is 40.7 Å². The predicted octanol–water partition coefficient (Wildman–Crippen LogP) is 5.25. The minimum atomic E-state index is -4.08. The van der Waals surface area contributed by atoms with Gasteiger partial charge in [-0.05, 0) is 105 Å². The molecule has 4 N–H and O–H groups in total. The molecule has 0 unspecified atom stereocenters. The zero-order chi connectivity index (χ0) is 37.2. The fourth-order valence-electron chi connectivity index (χ4n) is 7.53. The van der Waals surface area contributed by atoms with Crippen molar-refractivity contribution in [2.75, 3.05) is 45.2 Å². The second-order valence-electron chi connectivity index (χ2n) is 14.2. The molecule has 1 aromatic heterocycles. The number of benzene rings is 3. The molecule has 276 valence electrons. The van der Waals surface area contributed by atoms with Crippen LogP contribution in [0.25, 0.3) is 10.9 Å². The van der Waals surface area contributed by atoms with E-state index >= 15 is 0 Å². The number of primary sulfonamides is 1. The van der Waals surface area contributed by atoms with Crippen molar-refractivity contribution in [2.24, 2.45) is 17.0 Å². The summed E-state index contributed by atoms with van der Waals surface area (Å²) in [5, 5.41) is 9.96. The lowest BCUT2D eigenvalue weighted by molar-refractivity contribution is -0.127. The van der Waals surface area contributed by atoms with Crippen LogP contribution in [-0.4, -0.2) is 87.2 Å². The Morgan fingerprint density at radius 3 is 2.50 bits per heavy atom. The zero-order valence-electron chi connectivity index (χ0n) is 29.3. The summed E-state index contributed by atoms with van der Waals surface area (Å²) in [5.74, 6) is -0.265. The van der Waals surface area contributed by atoms with Gasteiger partial charge in [0.15, 0.2) is 0 Å². The number of piperidine rings is 1. The van der Waals surface area contributed by atoms with Crippen LogP contribution >= 0.6 is 23.2 Å². The van der Waals surface area contributed by atoms with E-state index in [1.165, 1.54) is 18.2 Å². The molecular weight excluding hydrogens is 723 g/mol. The first-order valence-corrected chi connectivity index (χ1v) is 19.8. The van der Waals surface area contributed by atoms with Gasteiger partial charge in [0, 0.05) is 72.4 Å². The molecule has 52 heavy (non-hydrogen) atoms. The zero-order valence-corrected chi connectivity index (χ0v) is 31.6. The topological polar surface area (TPSA) is 149 Å². The molecule has 4 aromatic rings. The molecule has 6 rings (SSSR count). The molecule has 1 saturated heterocycles. The summed E-state index contributed by atoms with van der Waals surface area (Å²) in [6.07, 6.45) is 5.25. The summed E-state index contributed by atoms with van der Waals surface area (Å²) in [4.78, 5) is 50.0. The number of H-pyrrole nitrogens is 1. The highest BCUT2D eigenvalue weighted by Crippen LogP contribution is 2.33. The molecule has 14 heteroatoms. The van der Waals surface area contributed by atoms with Gasteiger partial charge in [0.25, 0.3) is 5.91 Å². The van der Waals surface area contributed by atoms with Crippen molar-refractivity contribution in [1.29, 1.82) is 0 Å².